The number of nitrogens with zero attached hydrogens (tertiary/aromatic N) is 4. The zero-order valence-corrected chi connectivity index (χ0v) is 14.1. The van der Waals surface area contributed by atoms with Crippen molar-refractivity contribution in [2.75, 3.05) is 13.1 Å². The number of benzene rings is 1. The van der Waals surface area contributed by atoms with Crippen LogP contribution in [0.25, 0.3) is 0 Å². The first kappa shape index (κ1) is 14.4. The molecule has 0 saturated heterocycles. The van der Waals surface area contributed by atoms with Gasteiger partial charge in [-0.1, -0.05) is 28.1 Å². The summed E-state index contributed by atoms with van der Waals surface area (Å²) in [5, 5.41) is 0. The summed E-state index contributed by atoms with van der Waals surface area (Å²) in [6.45, 7) is 1.66. The van der Waals surface area contributed by atoms with Gasteiger partial charge in [0.05, 0.1) is 0 Å². The molecule has 2 N–H and O–H groups in total. The highest BCUT2D eigenvalue weighted by molar-refractivity contribution is 9.10. The number of hydrogen-bond donors (Lipinski definition) is 1. The van der Waals surface area contributed by atoms with Gasteiger partial charge in [0.25, 0.3) is 0 Å². The number of aromatic nitrogens is 1. The van der Waals surface area contributed by atoms with Gasteiger partial charge in [0.1, 0.15) is 5.84 Å². The van der Waals surface area contributed by atoms with Crippen molar-refractivity contribution in [3.63, 3.8) is 0 Å². The smallest absolute Gasteiger partial charge is 0.198 e. The Morgan fingerprint density at radius 2 is 1.96 bits per heavy atom. The Hall–Kier alpha value is -2.21. The molecule has 2 aliphatic rings. The maximum Gasteiger partial charge on any atom is 0.198 e. The fourth-order valence-electron chi connectivity index (χ4n) is 3.28. The number of aliphatic imine (C=N–C) groups is 2. The van der Waals surface area contributed by atoms with Crippen molar-refractivity contribution in [1.82, 2.24) is 9.88 Å². The quantitative estimate of drug-likeness (QED) is 0.884. The first-order valence-electron chi connectivity index (χ1n) is 7.56. The van der Waals surface area contributed by atoms with Crippen LogP contribution in [0.2, 0.25) is 0 Å². The monoisotopic (exact) mass is 369 g/mol. The van der Waals surface area contributed by atoms with Crippen molar-refractivity contribution in [3.05, 3.63) is 64.4 Å². The van der Waals surface area contributed by atoms with Gasteiger partial charge in [0.15, 0.2) is 11.5 Å². The molecule has 0 unspecified atom stereocenters. The Labute approximate surface area is 143 Å². The maximum absolute atomic E-state index is 6.25. The van der Waals surface area contributed by atoms with Gasteiger partial charge < -0.3 is 5.73 Å². The molecule has 6 heteroatoms. The standard InChI is InChI=1S/C17H16BrN5/c18-14-4-1-3-13(11-14)17(12-5-8-20-9-6-12)15-21-7-2-10-23(15)16(19)22-17/h1,3-6,8-9,11H,2,7,10H2,(H2,19,22)/t17-/m0/s1. The molecule has 2 aliphatic heterocycles. The highest BCUT2D eigenvalue weighted by Gasteiger charge is 2.49. The van der Waals surface area contributed by atoms with Gasteiger partial charge >= 0.3 is 0 Å². The summed E-state index contributed by atoms with van der Waals surface area (Å²) in [5.41, 5.74) is 7.62. The summed E-state index contributed by atoms with van der Waals surface area (Å²) in [6, 6.07) is 12.1. The van der Waals surface area contributed by atoms with Crippen LogP contribution in [0.5, 0.6) is 0 Å². The van der Waals surface area contributed by atoms with E-state index in [1.807, 2.05) is 29.2 Å². The highest BCUT2D eigenvalue weighted by Crippen LogP contribution is 2.41. The van der Waals surface area contributed by atoms with Crippen LogP contribution in [0, 0.1) is 0 Å². The number of guanidine groups is 1. The normalized spacial score (nSPS) is 23.3. The molecule has 0 radical (unpaired) electrons. The molecule has 0 saturated carbocycles. The van der Waals surface area contributed by atoms with E-state index in [-0.39, 0.29) is 0 Å². The van der Waals surface area contributed by atoms with Crippen molar-refractivity contribution in [2.45, 2.75) is 12.0 Å². The van der Waals surface area contributed by atoms with E-state index in [4.69, 9.17) is 15.7 Å². The summed E-state index contributed by atoms with van der Waals surface area (Å²) < 4.78 is 1.01. The Morgan fingerprint density at radius 1 is 1.13 bits per heavy atom. The molecule has 1 aromatic heterocycles. The lowest BCUT2D eigenvalue weighted by molar-refractivity contribution is 0.531. The van der Waals surface area contributed by atoms with E-state index in [2.05, 4.69) is 33.0 Å². The number of amidine groups is 1. The van der Waals surface area contributed by atoms with E-state index in [1.165, 1.54) is 0 Å². The summed E-state index contributed by atoms with van der Waals surface area (Å²) in [4.78, 5) is 15.8. The van der Waals surface area contributed by atoms with Crippen LogP contribution in [-0.2, 0) is 5.54 Å². The van der Waals surface area contributed by atoms with Crippen molar-refractivity contribution < 1.29 is 0 Å². The summed E-state index contributed by atoms with van der Waals surface area (Å²) in [6.07, 6.45) is 4.56. The molecule has 0 amide bonds. The molecular weight excluding hydrogens is 354 g/mol. The Balaban J connectivity index is 2.01. The van der Waals surface area contributed by atoms with Crippen molar-refractivity contribution in [1.29, 1.82) is 0 Å². The number of nitrogens with two attached hydrogens (primary N) is 1. The molecule has 5 nitrogen and oxygen atoms in total. The fraction of sp³-hybridized carbons (Fsp3) is 0.235. The van der Waals surface area contributed by atoms with Crippen molar-refractivity contribution in [3.8, 4) is 0 Å². The second-order valence-electron chi connectivity index (χ2n) is 5.64. The van der Waals surface area contributed by atoms with Gasteiger partial charge in [0.2, 0.25) is 0 Å². The van der Waals surface area contributed by atoms with Crippen LogP contribution in [-0.4, -0.2) is 34.8 Å². The lowest BCUT2D eigenvalue weighted by atomic mass is 9.82. The summed E-state index contributed by atoms with van der Waals surface area (Å²) in [5.74, 6) is 1.44. The SMILES string of the molecule is NC1=N[C@@](c2ccncc2)(c2cccc(Br)c2)C2=NCCCN12. The number of fused-ring (bicyclic) bond motifs is 1. The van der Waals surface area contributed by atoms with Crippen LogP contribution in [0.15, 0.2) is 63.2 Å². The number of rotatable bonds is 2. The molecule has 0 spiro atoms. The molecule has 0 bridgehead atoms. The lowest BCUT2D eigenvalue weighted by Crippen LogP contribution is -2.46. The van der Waals surface area contributed by atoms with Gasteiger partial charge in [-0.3, -0.25) is 14.9 Å². The third kappa shape index (κ3) is 2.16. The van der Waals surface area contributed by atoms with Gasteiger partial charge in [-0.15, -0.1) is 0 Å². The molecule has 0 fully saturated rings. The zero-order valence-electron chi connectivity index (χ0n) is 12.5. The van der Waals surface area contributed by atoms with Crippen LogP contribution >= 0.6 is 15.9 Å². The average Bonchev–Trinajstić information content (AvgIpc) is 2.90. The van der Waals surface area contributed by atoms with Gasteiger partial charge in [-0.25, -0.2) is 4.99 Å². The van der Waals surface area contributed by atoms with E-state index < -0.39 is 5.54 Å². The number of hydrogen-bond acceptors (Lipinski definition) is 5. The molecule has 116 valence electrons. The van der Waals surface area contributed by atoms with Crippen LogP contribution < -0.4 is 5.73 Å². The lowest BCUT2D eigenvalue weighted by Gasteiger charge is -2.32. The van der Waals surface area contributed by atoms with Crippen LogP contribution in [0.4, 0.5) is 0 Å². The van der Waals surface area contributed by atoms with Gasteiger partial charge in [-0.05, 0) is 41.8 Å². The molecule has 1 aromatic carbocycles. The number of pyridine rings is 1. The Kier molecular flexibility index (Phi) is 3.41. The van der Waals surface area contributed by atoms with Gasteiger partial charge in [-0.2, -0.15) is 0 Å². The van der Waals surface area contributed by atoms with E-state index in [0.717, 1.165) is 40.9 Å². The average molecular weight is 370 g/mol. The molecule has 4 rings (SSSR count). The number of halogens is 1. The predicted molar refractivity (Wildman–Crippen MR) is 94.4 cm³/mol. The van der Waals surface area contributed by atoms with Crippen molar-refractivity contribution in [2.24, 2.45) is 15.7 Å². The predicted octanol–water partition coefficient (Wildman–Crippen LogP) is 2.52. The molecule has 3 heterocycles. The minimum absolute atomic E-state index is 0.528. The second kappa shape index (κ2) is 5.45. The summed E-state index contributed by atoms with van der Waals surface area (Å²) in [7, 11) is 0. The van der Waals surface area contributed by atoms with E-state index in [0.29, 0.717) is 5.96 Å². The molecule has 23 heavy (non-hydrogen) atoms. The first-order valence-corrected chi connectivity index (χ1v) is 8.35. The molecule has 1 atom stereocenters. The first-order chi connectivity index (χ1) is 11.2. The van der Waals surface area contributed by atoms with Crippen LogP contribution in [0.1, 0.15) is 17.5 Å². The molecule has 0 aliphatic carbocycles. The zero-order chi connectivity index (χ0) is 15.9. The van der Waals surface area contributed by atoms with Crippen LogP contribution in [0.3, 0.4) is 0 Å². The fourth-order valence-corrected chi connectivity index (χ4v) is 3.68. The van der Waals surface area contributed by atoms with E-state index in [1.54, 1.807) is 12.4 Å². The Bertz CT molecular complexity index is 802. The summed E-state index contributed by atoms with van der Waals surface area (Å²) >= 11 is 3.56. The third-order valence-corrected chi connectivity index (χ3v) is 4.77. The minimum atomic E-state index is -0.697. The van der Waals surface area contributed by atoms with Crippen molar-refractivity contribution >= 4 is 27.7 Å². The van der Waals surface area contributed by atoms with E-state index >= 15 is 0 Å². The third-order valence-electron chi connectivity index (χ3n) is 4.28. The minimum Gasteiger partial charge on any atom is -0.369 e. The van der Waals surface area contributed by atoms with E-state index in [9.17, 15) is 0 Å². The highest BCUT2D eigenvalue weighted by atomic mass is 79.9. The second-order valence-corrected chi connectivity index (χ2v) is 6.55. The Morgan fingerprint density at radius 3 is 2.74 bits per heavy atom. The molecule has 2 aromatic rings. The van der Waals surface area contributed by atoms with Gasteiger partial charge in [0, 0.05) is 30.0 Å². The molecular formula is C17H16BrN5. The largest absolute Gasteiger partial charge is 0.369 e. The maximum atomic E-state index is 6.25. The topological polar surface area (TPSA) is 66.9 Å².